The second kappa shape index (κ2) is 9.76. The number of amides is 2. The van der Waals surface area contributed by atoms with Gasteiger partial charge in [-0.1, -0.05) is 12.1 Å². The third-order valence-electron chi connectivity index (χ3n) is 5.61. The van der Waals surface area contributed by atoms with Crippen LogP contribution in [0.5, 0.6) is 17.4 Å². The Kier molecular flexibility index (Phi) is 6.73. The Bertz CT molecular complexity index is 1290. The van der Waals surface area contributed by atoms with Crippen molar-refractivity contribution < 1.29 is 37.0 Å². The minimum atomic E-state index is -4.95. The Balaban J connectivity index is 1.59. The summed E-state index contributed by atoms with van der Waals surface area (Å²) < 4.78 is 54.2. The van der Waals surface area contributed by atoms with Gasteiger partial charge in [0.2, 0.25) is 0 Å². The molecule has 2 amide bonds. The van der Waals surface area contributed by atoms with Crippen LogP contribution in [0.15, 0.2) is 42.7 Å². The lowest BCUT2D eigenvalue weighted by Gasteiger charge is -2.32. The minimum absolute atomic E-state index is 0.206. The number of methoxy groups -OCH3 is 2. The molecule has 1 N–H and O–H groups in total. The first-order chi connectivity index (χ1) is 17.1. The van der Waals surface area contributed by atoms with Crippen molar-refractivity contribution in [2.24, 2.45) is 7.05 Å². The molecule has 1 aromatic carbocycles. The van der Waals surface area contributed by atoms with E-state index < -0.39 is 24.1 Å². The number of nitrogens with one attached hydrogen (secondary N) is 1. The number of aromatic nitrogens is 3. The standard InChI is InChI=1S/C23H22F3N5O5/c1-30-19-15(29-20(32)14-6-4-5-7-17(14)36-23(24,25)26)8-9-31(16(19)12-28-30)22(33)13-10-18(34-2)21(35-3)27-11-13/h4-7,10-12,15H,8-9H2,1-3H3,(H,29,32)/t15-/m1/s1. The summed E-state index contributed by atoms with van der Waals surface area (Å²) in [5, 5.41) is 6.96. The zero-order valence-electron chi connectivity index (χ0n) is 19.5. The van der Waals surface area contributed by atoms with Crippen LogP contribution in [0.25, 0.3) is 0 Å². The van der Waals surface area contributed by atoms with Crippen molar-refractivity contribution in [2.45, 2.75) is 18.8 Å². The van der Waals surface area contributed by atoms with Crippen molar-refractivity contribution in [1.29, 1.82) is 0 Å². The van der Waals surface area contributed by atoms with E-state index in [-0.39, 0.29) is 41.6 Å². The molecule has 1 atom stereocenters. The molecule has 10 nitrogen and oxygen atoms in total. The number of nitrogens with zero attached hydrogens (tertiary/aromatic N) is 4. The molecule has 0 aliphatic carbocycles. The number of pyridine rings is 1. The number of carbonyl (C=O) groups excluding carboxylic acids is 2. The predicted octanol–water partition coefficient (Wildman–Crippen LogP) is 3.25. The summed E-state index contributed by atoms with van der Waals surface area (Å²) in [4.78, 5) is 31.8. The Morgan fingerprint density at radius 3 is 2.56 bits per heavy atom. The molecule has 2 aromatic heterocycles. The van der Waals surface area contributed by atoms with E-state index in [1.54, 1.807) is 7.05 Å². The average Bonchev–Trinajstić information content (AvgIpc) is 3.24. The lowest BCUT2D eigenvalue weighted by atomic mass is 10.0. The van der Waals surface area contributed by atoms with E-state index in [9.17, 15) is 22.8 Å². The van der Waals surface area contributed by atoms with Crippen LogP contribution >= 0.6 is 0 Å². The van der Waals surface area contributed by atoms with Crippen molar-refractivity contribution in [3.05, 3.63) is 59.5 Å². The topological polar surface area (TPSA) is 108 Å². The van der Waals surface area contributed by atoms with Gasteiger partial charge in [0.15, 0.2) is 5.75 Å². The Morgan fingerprint density at radius 2 is 1.86 bits per heavy atom. The molecule has 3 heterocycles. The summed E-state index contributed by atoms with van der Waals surface area (Å²) in [5.41, 5.74) is 0.955. The quantitative estimate of drug-likeness (QED) is 0.548. The molecule has 0 saturated carbocycles. The van der Waals surface area contributed by atoms with Gasteiger partial charge < -0.3 is 24.4 Å². The van der Waals surface area contributed by atoms with E-state index in [2.05, 4.69) is 20.1 Å². The van der Waals surface area contributed by atoms with E-state index in [0.717, 1.165) is 6.07 Å². The summed E-state index contributed by atoms with van der Waals surface area (Å²) in [6.07, 6.45) is -1.81. The van der Waals surface area contributed by atoms with Crippen molar-refractivity contribution in [3.63, 3.8) is 0 Å². The molecule has 0 radical (unpaired) electrons. The van der Waals surface area contributed by atoms with E-state index in [0.29, 0.717) is 11.4 Å². The first kappa shape index (κ1) is 24.8. The van der Waals surface area contributed by atoms with Gasteiger partial charge in [-0.05, 0) is 18.6 Å². The van der Waals surface area contributed by atoms with Crippen LogP contribution in [-0.2, 0) is 7.05 Å². The SMILES string of the molecule is COc1cc(C(=O)N2CC[C@@H](NC(=O)c3ccccc3OC(F)(F)F)c3c2cnn3C)cnc1OC. The zero-order chi connectivity index (χ0) is 26.0. The van der Waals surface area contributed by atoms with Crippen LogP contribution in [0.4, 0.5) is 18.9 Å². The second-order valence-electron chi connectivity index (χ2n) is 7.79. The molecule has 1 aliphatic heterocycles. The lowest BCUT2D eigenvalue weighted by Crippen LogP contribution is -2.41. The number of para-hydroxylation sites is 1. The minimum Gasteiger partial charge on any atom is -0.491 e. The highest BCUT2D eigenvalue weighted by Crippen LogP contribution is 2.36. The molecule has 3 aromatic rings. The van der Waals surface area contributed by atoms with Gasteiger partial charge in [0.05, 0.1) is 49.0 Å². The normalized spacial score (nSPS) is 15.2. The number of rotatable bonds is 6. The van der Waals surface area contributed by atoms with E-state index >= 15 is 0 Å². The van der Waals surface area contributed by atoms with Crippen molar-refractivity contribution in [3.8, 4) is 17.4 Å². The molecule has 36 heavy (non-hydrogen) atoms. The van der Waals surface area contributed by atoms with Gasteiger partial charge in [-0.2, -0.15) is 5.10 Å². The number of hydrogen-bond acceptors (Lipinski definition) is 7. The van der Waals surface area contributed by atoms with Gasteiger partial charge in [-0.25, -0.2) is 4.98 Å². The van der Waals surface area contributed by atoms with Gasteiger partial charge >= 0.3 is 6.36 Å². The fourth-order valence-corrected chi connectivity index (χ4v) is 4.02. The Labute approximate surface area is 203 Å². The predicted molar refractivity (Wildman–Crippen MR) is 120 cm³/mol. The summed E-state index contributed by atoms with van der Waals surface area (Å²) in [5.74, 6) is -1.22. The van der Waals surface area contributed by atoms with Crippen LogP contribution < -0.4 is 24.4 Å². The number of anilines is 1. The molecule has 1 aliphatic rings. The summed E-state index contributed by atoms with van der Waals surface area (Å²) >= 11 is 0. The van der Waals surface area contributed by atoms with Crippen LogP contribution in [0.2, 0.25) is 0 Å². The highest BCUT2D eigenvalue weighted by atomic mass is 19.4. The first-order valence-electron chi connectivity index (χ1n) is 10.7. The van der Waals surface area contributed by atoms with Gasteiger partial charge in [0, 0.05) is 25.9 Å². The smallest absolute Gasteiger partial charge is 0.491 e. The summed E-state index contributed by atoms with van der Waals surface area (Å²) in [6, 6.07) is 5.97. The molecule has 0 bridgehead atoms. The van der Waals surface area contributed by atoms with Gasteiger partial charge in [0.1, 0.15) is 5.75 Å². The van der Waals surface area contributed by atoms with Gasteiger partial charge in [-0.3, -0.25) is 14.3 Å². The number of fused-ring (bicyclic) bond motifs is 1. The maximum Gasteiger partial charge on any atom is 0.573 e. The number of ether oxygens (including phenoxy) is 3. The summed E-state index contributed by atoms with van der Waals surface area (Å²) in [6.45, 7) is 0.206. The fourth-order valence-electron chi connectivity index (χ4n) is 4.02. The molecule has 0 saturated heterocycles. The summed E-state index contributed by atoms with van der Waals surface area (Å²) in [7, 11) is 4.50. The number of halogens is 3. The number of benzene rings is 1. The number of alkyl halides is 3. The van der Waals surface area contributed by atoms with E-state index in [4.69, 9.17) is 9.47 Å². The number of carbonyl (C=O) groups is 2. The lowest BCUT2D eigenvalue weighted by molar-refractivity contribution is -0.274. The highest BCUT2D eigenvalue weighted by molar-refractivity contribution is 6.07. The van der Waals surface area contributed by atoms with Crippen LogP contribution in [0.3, 0.4) is 0 Å². The van der Waals surface area contributed by atoms with E-state index in [1.165, 1.54) is 60.5 Å². The molecule has 13 heteroatoms. The van der Waals surface area contributed by atoms with Crippen molar-refractivity contribution in [2.75, 3.05) is 25.7 Å². The first-order valence-corrected chi connectivity index (χ1v) is 10.7. The third kappa shape index (κ3) is 4.90. The second-order valence-corrected chi connectivity index (χ2v) is 7.79. The molecule has 4 rings (SSSR count). The molecule has 0 fully saturated rings. The van der Waals surface area contributed by atoms with Crippen LogP contribution in [0.1, 0.15) is 38.9 Å². The van der Waals surface area contributed by atoms with Crippen molar-refractivity contribution in [1.82, 2.24) is 20.1 Å². The highest BCUT2D eigenvalue weighted by Gasteiger charge is 2.36. The fraction of sp³-hybridized carbons (Fsp3) is 0.304. The third-order valence-corrected chi connectivity index (χ3v) is 5.61. The van der Waals surface area contributed by atoms with Gasteiger partial charge in [-0.15, -0.1) is 13.2 Å². The van der Waals surface area contributed by atoms with Crippen LogP contribution in [-0.4, -0.2) is 53.7 Å². The van der Waals surface area contributed by atoms with E-state index in [1.807, 2.05) is 0 Å². The molecular weight excluding hydrogens is 483 g/mol. The average molecular weight is 505 g/mol. The molecule has 0 unspecified atom stereocenters. The van der Waals surface area contributed by atoms with Gasteiger partial charge in [0.25, 0.3) is 17.7 Å². The Morgan fingerprint density at radius 1 is 1.11 bits per heavy atom. The Hall–Kier alpha value is -4.29. The molecule has 0 spiro atoms. The maximum absolute atomic E-state index is 13.3. The number of aryl methyl sites for hydroxylation is 1. The largest absolute Gasteiger partial charge is 0.573 e. The van der Waals surface area contributed by atoms with Crippen molar-refractivity contribution >= 4 is 17.5 Å². The van der Waals surface area contributed by atoms with Crippen LogP contribution in [0, 0.1) is 0 Å². The zero-order valence-corrected chi connectivity index (χ0v) is 19.5. The molecular formula is C23H22F3N5O5. The monoisotopic (exact) mass is 505 g/mol. The molecule has 190 valence electrons. The maximum atomic E-state index is 13.3. The number of hydrogen-bond donors (Lipinski definition) is 1.